The van der Waals surface area contributed by atoms with E-state index in [1.165, 1.54) is 45.6 Å². The SMILES string of the molecule is CCNC(=NCC1CC1)NCCN1CCN(CC)CC1.I. The van der Waals surface area contributed by atoms with Gasteiger partial charge in [-0.15, -0.1) is 24.0 Å². The van der Waals surface area contributed by atoms with Crippen molar-refractivity contribution in [3.05, 3.63) is 0 Å². The van der Waals surface area contributed by atoms with E-state index in [1.807, 2.05) is 0 Å². The van der Waals surface area contributed by atoms with Crippen molar-refractivity contribution in [1.82, 2.24) is 20.4 Å². The standard InChI is InChI=1S/C15H31N5.HI/c1-3-16-15(18-13-14-5-6-14)17-7-8-20-11-9-19(4-2)10-12-20;/h14H,3-13H2,1-2H3,(H2,16,17,18);1H. The summed E-state index contributed by atoms with van der Waals surface area (Å²) in [7, 11) is 0. The van der Waals surface area contributed by atoms with E-state index in [4.69, 9.17) is 0 Å². The molecule has 0 radical (unpaired) electrons. The van der Waals surface area contributed by atoms with E-state index in [0.29, 0.717) is 0 Å². The number of likely N-dealkylation sites (N-methyl/N-ethyl adjacent to an activating group) is 1. The van der Waals surface area contributed by atoms with Crippen LogP contribution in [0.2, 0.25) is 0 Å². The van der Waals surface area contributed by atoms with E-state index < -0.39 is 0 Å². The van der Waals surface area contributed by atoms with Crippen molar-refractivity contribution in [2.75, 3.05) is 58.9 Å². The highest BCUT2D eigenvalue weighted by molar-refractivity contribution is 14.0. The van der Waals surface area contributed by atoms with Crippen molar-refractivity contribution in [3.8, 4) is 0 Å². The Balaban J connectivity index is 0.00000220. The summed E-state index contributed by atoms with van der Waals surface area (Å²) in [6.07, 6.45) is 2.73. The van der Waals surface area contributed by atoms with Crippen LogP contribution < -0.4 is 10.6 Å². The van der Waals surface area contributed by atoms with Gasteiger partial charge in [0.1, 0.15) is 0 Å². The number of hydrogen-bond acceptors (Lipinski definition) is 3. The van der Waals surface area contributed by atoms with Crippen molar-refractivity contribution in [3.63, 3.8) is 0 Å². The summed E-state index contributed by atoms with van der Waals surface area (Å²) in [6.45, 7) is 14.4. The van der Waals surface area contributed by atoms with Crippen molar-refractivity contribution in [2.45, 2.75) is 26.7 Å². The molecule has 0 aromatic carbocycles. The van der Waals surface area contributed by atoms with E-state index in [2.05, 4.69) is 39.3 Å². The summed E-state index contributed by atoms with van der Waals surface area (Å²) in [4.78, 5) is 9.72. The second-order valence-electron chi connectivity index (χ2n) is 5.87. The predicted octanol–water partition coefficient (Wildman–Crippen LogP) is 1.21. The molecule has 0 spiro atoms. The summed E-state index contributed by atoms with van der Waals surface area (Å²) >= 11 is 0. The first kappa shape index (κ1) is 19.0. The molecule has 124 valence electrons. The Hall–Kier alpha value is -0.0800. The third-order valence-electron chi connectivity index (χ3n) is 4.18. The lowest BCUT2D eigenvalue weighted by atomic mass is 10.3. The van der Waals surface area contributed by atoms with E-state index >= 15 is 0 Å². The van der Waals surface area contributed by atoms with Gasteiger partial charge in [-0.3, -0.25) is 9.89 Å². The summed E-state index contributed by atoms with van der Waals surface area (Å²) in [5, 5.41) is 6.79. The number of nitrogens with zero attached hydrogens (tertiary/aromatic N) is 3. The molecule has 1 aliphatic heterocycles. The van der Waals surface area contributed by atoms with Gasteiger partial charge in [0, 0.05) is 52.4 Å². The first-order valence-electron chi connectivity index (χ1n) is 8.28. The average Bonchev–Trinajstić information content (AvgIpc) is 3.30. The molecule has 5 nitrogen and oxygen atoms in total. The van der Waals surface area contributed by atoms with Crippen LogP contribution in [-0.2, 0) is 0 Å². The fourth-order valence-corrected chi connectivity index (χ4v) is 2.52. The summed E-state index contributed by atoms with van der Waals surface area (Å²) in [5.74, 6) is 1.85. The predicted molar refractivity (Wildman–Crippen MR) is 101 cm³/mol. The molecule has 0 bridgehead atoms. The van der Waals surface area contributed by atoms with E-state index in [0.717, 1.165) is 38.1 Å². The van der Waals surface area contributed by atoms with Gasteiger partial charge < -0.3 is 15.5 Å². The minimum atomic E-state index is 0. The third-order valence-corrected chi connectivity index (χ3v) is 4.18. The Bertz CT molecular complexity index is 298. The molecule has 0 unspecified atom stereocenters. The molecule has 2 fully saturated rings. The fraction of sp³-hybridized carbons (Fsp3) is 0.933. The van der Waals surface area contributed by atoms with Gasteiger partial charge in [0.2, 0.25) is 0 Å². The Labute approximate surface area is 146 Å². The Morgan fingerprint density at radius 2 is 1.71 bits per heavy atom. The summed E-state index contributed by atoms with van der Waals surface area (Å²) in [5.41, 5.74) is 0. The van der Waals surface area contributed by atoms with Crippen LogP contribution >= 0.6 is 24.0 Å². The molecule has 0 amide bonds. The Morgan fingerprint density at radius 3 is 2.29 bits per heavy atom. The summed E-state index contributed by atoms with van der Waals surface area (Å²) in [6, 6.07) is 0. The molecule has 2 aliphatic rings. The van der Waals surface area contributed by atoms with Gasteiger partial charge in [-0.1, -0.05) is 6.92 Å². The molecule has 6 heteroatoms. The summed E-state index contributed by atoms with van der Waals surface area (Å²) < 4.78 is 0. The largest absolute Gasteiger partial charge is 0.357 e. The number of piperazine rings is 1. The van der Waals surface area contributed by atoms with Crippen LogP contribution in [0.4, 0.5) is 0 Å². The smallest absolute Gasteiger partial charge is 0.191 e. The molecular formula is C15H32IN5. The van der Waals surface area contributed by atoms with Gasteiger partial charge in [-0.2, -0.15) is 0 Å². The van der Waals surface area contributed by atoms with Gasteiger partial charge in [0.05, 0.1) is 0 Å². The first-order chi connectivity index (χ1) is 9.81. The Kier molecular flexibility index (Phi) is 9.59. The van der Waals surface area contributed by atoms with Crippen LogP contribution in [0, 0.1) is 5.92 Å². The van der Waals surface area contributed by atoms with Gasteiger partial charge in [-0.25, -0.2) is 0 Å². The zero-order chi connectivity index (χ0) is 14.2. The minimum absolute atomic E-state index is 0. The zero-order valence-corrected chi connectivity index (χ0v) is 15.9. The number of guanidine groups is 1. The van der Waals surface area contributed by atoms with Gasteiger partial charge in [-0.05, 0) is 32.2 Å². The molecular weight excluding hydrogens is 377 g/mol. The van der Waals surface area contributed by atoms with Gasteiger partial charge >= 0.3 is 0 Å². The number of halogens is 1. The molecule has 1 aliphatic carbocycles. The fourth-order valence-electron chi connectivity index (χ4n) is 2.52. The van der Waals surface area contributed by atoms with Crippen LogP contribution in [0.25, 0.3) is 0 Å². The molecule has 2 rings (SSSR count). The lowest BCUT2D eigenvalue weighted by molar-refractivity contribution is 0.139. The maximum absolute atomic E-state index is 4.65. The Morgan fingerprint density at radius 1 is 1.05 bits per heavy atom. The number of hydrogen-bond donors (Lipinski definition) is 2. The maximum atomic E-state index is 4.65. The molecule has 0 aromatic rings. The second-order valence-corrected chi connectivity index (χ2v) is 5.87. The molecule has 2 N–H and O–H groups in total. The van der Waals surface area contributed by atoms with Crippen LogP contribution in [0.5, 0.6) is 0 Å². The van der Waals surface area contributed by atoms with Gasteiger partial charge in [0.25, 0.3) is 0 Å². The minimum Gasteiger partial charge on any atom is -0.357 e. The topological polar surface area (TPSA) is 42.9 Å². The van der Waals surface area contributed by atoms with Crippen molar-refractivity contribution >= 4 is 29.9 Å². The lowest BCUT2D eigenvalue weighted by Gasteiger charge is -2.34. The highest BCUT2D eigenvalue weighted by atomic mass is 127. The van der Waals surface area contributed by atoms with Gasteiger partial charge in [0.15, 0.2) is 5.96 Å². The second kappa shape index (κ2) is 10.6. The zero-order valence-electron chi connectivity index (χ0n) is 13.6. The molecule has 0 atom stereocenters. The molecule has 21 heavy (non-hydrogen) atoms. The van der Waals surface area contributed by atoms with E-state index in [9.17, 15) is 0 Å². The van der Waals surface area contributed by atoms with Crippen LogP contribution in [0.3, 0.4) is 0 Å². The molecule has 1 saturated carbocycles. The van der Waals surface area contributed by atoms with Crippen LogP contribution in [0.15, 0.2) is 4.99 Å². The van der Waals surface area contributed by atoms with Crippen LogP contribution in [-0.4, -0.2) is 74.7 Å². The molecule has 1 saturated heterocycles. The van der Waals surface area contributed by atoms with Crippen molar-refractivity contribution < 1.29 is 0 Å². The van der Waals surface area contributed by atoms with Crippen LogP contribution in [0.1, 0.15) is 26.7 Å². The number of aliphatic imine (C=N–C) groups is 1. The normalized spacial score (nSPS) is 21.0. The van der Waals surface area contributed by atoms with Crippen molar-refractivity contribution in [1.29, 1.82) is 0 Å². The first-order valence-corrected chi connectivity index (χ1v) is 8.28. The average molecular weight is 409 g/mol. The maximum Gasteiger partial charge on any atom is 0.191 e. The number of nitrogens with one attached hydrogen (secondary N) is 2. The van der Waals surface area contributed by atoms with Crippen molar-refractivity contribution in [2.24, 2.45) is 10.9 Å². The monoisotopic (exact) mass is 409 g/mol. The quantitative estimate of drug-likeness (QED) is 0.377. The van der Waals surface area contributed by atoms with E-state index in [-0.39, 0.29) is 24.0 Å². The van der Waals surface area contributed by atoms with E-state index in [1.54, 1.807) is 0 Å². The third kappa shape index (κ3) is 7.65. The number of rotatable bonds is 7. The molecule has 1 heterocycles. The highest BCUT2D eigenvalue weighted by Crippen LogP contribution is 2.28. The molecule has 0 aromatic heterocycles. The highest BCUT2D eigenvalue weighted by Gasteiger charge is 2.20. The lowest BCUT2D eigenvalue weighted by Crippen LogP contribution is -2.49.